The Hall–Kier alpha value is -9.29. The quantitative estimate of drug-likeness (QED) is 0.154. The molecule has 0 saturated heterocycles. The number of anilines is 12. The second-order valence-electron chi connectivity index (χ2n) is 20.0. The number of hydrogen-bond acceptors (Lipinski definition) is 5. The maximum atomic E-state index is 2.64. The van der Waals surface area contributed by atoms with Gasteiger partial charge in [-0.1, -0.05) is 176 Å². The molecule has 0 aliphatic carbocycles. The smallest absolute Gasteiger partial charge is 0.264 e. The standard InChI is InChI=1S/C68H44B2N4S/c1-7-23-45(24-8-1)47-39-60-65-61(40-47)72(50-29-13-4-14-30-50)58-44-59-56(43-55(58)69(65)54-36-20-21-37-57(54)71(60)49-27-11-3-12-28-49)70-66-62(73(59)51-31-15-5-16-32-51)41-48(46-25-9-2-10-26-46)42-63(66)74(52-33-17-6-18-34-52)67-53-35-19-22-38-64(53)75-68(67)70/h1-44H. The third-order valence-corrected chi connectivity index (χ3v) is 17.2. The molecule has 0 amide bonds. The van der Waals surface area contributed by atoms with Crippen molar-refractivity contribution in [1.29, 1.82) is 0 Å². The van der Waals surface area contributed by atoms with Gasteiger partial charge in [0, 0.05) is 77.4 Å². The van der Waals surface area contributed by atoms with Gasteiger partial charge in [0.05, 0.1) is 5.69 Å². The van der Waals surface area contributed by atoms with Crippen molar-refractivity contribution in [1.82, 2.24) is 0 Å². The number of hydrogen-bond donors (Lipinski definition) is 0. The van der Waals surface area contributed by atoms with Crippen molar-refractivity contribution in [3.05, 3.63) is 267 Å². The van der Waals surface area contributed by atoms with E-state index in [1.54, 1.807) is 0 Å². The zero-order valence-corrected chi connectivity index (χ0v) is 41.6. The Morgan fingerprint density at radius 1 is 0.267 bits per heavy atom. The van der Waals surface area contributed by atoms with Crippen molar-refractivity contribution in [3.63, 3.8) is 0 Å². The lowest BCUT2D eigenvalue weighted by Gasteiger charge is -2.47. The Kier molecular flexibility index (Phi) is 9.36. The molecule has 7 heteroatoms. The van der Waals surface area contributed by atoms with Crippen LogP contribution in [0.5, 0.6) is 0 Å². The zero-order valence-electron chi connectivity index (χ0n) is 40.8. The number of para-hydroxylation sites is 5. The van der Waals surface area contributed by atoms with Crippen LogP contribution in [0.1, 0.15) is 0 Å². The van der Waals surface area contributed by atoms with Gasteiger partial charge >= 0.3 is 0 Å². The predicted octanol–water partition coefficient (Wildman–Crippen LogP) is 14.4. The Bertz CT molecular complexity index is 4210. The molecule has 1 aromatic heterocycles. The van der Waals surface area contributed by atoms with E-state index in [9.17, 15) is 0 Å². The summed E-state index contributed by atoms with van der Waals surface area (Å²) in [5.41, 5.74) is 25.4. The van der Waals surface area contributed by atoms with Gasteiger partial charge in [-0.05, 0) is 141 Å². The Balaban J connectivity index is 1.05. The summed E-state index contributed by atoms with van der Waals surface area (Å²) < 4.78 is 2.65. The van der Waals surface area contributed by atoms with Crippen molar-refractivity contribution >= 4 is 135 Å². The molecule has 0 spiro atoms. The molecular formula is C68H44B2N4S. The maximum Gasteiger partial charge on any atom is 0.264 e. The Morgan fingerprint density at radius 3 is 1.17 bits per heavy atom. The fourth-order valence-electron chi connectivity index (χ4n) is 12.9. The van der Waals surface area contributed by atoms with Gasteiger partial charge in [0.25, 0.3) is 13.4 Å². The molecule has 0 unspecified atom stereocenters. The highest BCUT2D eigenvalue weighted by Gasteiger charge is 2.49. The van der Waals surface area contributed by atoms with Crippen LogP contribution in [0.2, 0.25) is 0 Å². The highest BCUT2D eigenvalue weighted by molar-refractivity contribution is 7.33. The molecule has 75 heavy (non-hydrogen) atoms. The van der Waals surface area contributed by atoms with Crippen LogP contribution in [-0.2, 0) is 0 Å². The van der Waals surface area contributed by atoms with Crippen LogP contribution >= 0.6 is 11.3 Å². The van der Waals surface area contributed by atoms with Gasteiger partial charge in [0.15, 0.2) is 0 Å². The topological polar surface area (TPSA) is 13.0 Å². The van der Waals surface area contributed by atoms with Crippen LogP contribution in [0, 0.1) is 0 Å². The first-order valence-electron chi connectivity index (χ1n) is 25.9. The normalized spacial score (nSPS) is 13.4. The van der Waals surface area contributed by atoms with E-state index >= 15 is 0 Å². The molecule has 11 aromatic carbocycles. The number of rotatable bonds is 6. The van der Waals surface area contributed by atoms with Crippen LogP contribution in [0.15, 0.2) is 267 Å². The van der Waals surface area contributed by atoms with Crippen molar-refractivity contribution < 1.29 is 0 Å². The highest BCUT2D eigenvalue weighted by atomic mass is 32.1. The van der Waals surface area contributed by atoms with Gasteiger partial charge in [-0.3, -0.25) is 0 Å². The maximum absolute atomic E-state index is 2.64. The molecule has 0 radical (unpaired) electrons. The molecule has 0 bridgehead atoms. The summed E-state index contributed by atoms with van der Waals surface area (Å²) in [6.45, 7) is -0.146. The summed E-state index contributed by atoms with van der Waals surface area (Å²) in [5.74, 6) is 0. The predicted molar refractivity (Wildman–Crippen MR) is 321 cm³/mol. The lowest BCUT2D eigenvalue weighted by atomic mass is 9.31. The summed E-state index contributed by atoms with van der Waals surface area (Å²) in [6.07, 6.45) is 0. The van der Waals surface area contributed by atoms with Crippen LogP contribution in [-0.4, -0.2) is 13.4 Å². The second kappa shape index (κ2) is 16.6. The summed E-state index contributed by atoms with van der Waals surface area (Å²) in [7, 11) is 0. The minimum Gasteiger partial charge on any atom is -0.311 e. The number of fused-ring (bicyclic) bond motifs is 10. The lowest BCUT2D eigenvalue weighted by molar-refractivity contribution is 1.24. The van der Waals surface area contributed by atoms with E-state index in [4.69, 9.17) is 0 Å². The average molecular weight is 971 g/mol. The molecule has 0 fully saturated rings. The molecule has 4 aliphatic rings. The zero-order chi connectivity index (χ0) is 49.1. The van der Waals surface area contributed by atoms with Crippen LogP contribution < -0.4 is 51.7 Å². The van der Waals surface area contributed by atoms with E-state index < -0.39 is 0 Å². The molecule has 0 N–H and O–H groups in total. The average Bonchev–Trinajstić information content (AvgIpc) is 3.87. The number of thiophene rings is 1. The molecule has 12 aromatic rings. The summed E-state index contributed by atoms with van der Waals surface area (Å²) in [6, 6.07) is 99.2. The van der Waals surface area contributed by atoms with E-state index in [-0.39, 0.29) is 13.4 Å². The molecule has 16 rings (SSSR count). The monoisotopic (exact) mass is 970 g/mol. The molecule has 0 saturated carbocycles. The van der Waals surface area contributed by atoms with Crippen molar-refractivity contribution in [2.24, 2.45) is 0 Å². The minimum absolute atomic E-state index is 0.0707. The molecule has 0 atom stereocenters. The highest BCUT2D eigenvalue weighted by Crippen LogP contribution is 2.52. The molecular weight excluding hydrogens is 926 g/mol. The first-order valence-corrected chi connectivity index (χ1v) is 26.7. The van der Waals surface area contributed by atoms with E-state index in [1.165, 1.54) is 110 Å². The van der Waals surface area contributed by atoms with Crippen LogP contribution in [0.3, 0.4) is 0 Å². The molecule has 4 aliphatic heterocycles. The van der Waals surface area contributed by atoms with E-state index in [2.05, 4.69) is 287 Å². The fourth-order valence-corrected chi connectivity index (χ4v) is 14.2. The summed E-state index contributed by atoms with van der Waals surface area (Å²) >= 11 is 1.95. The summed E-state index contributed by atoms with van der Waals surface area (Å²) in [5, 5.41) is 1.27. The van der Waals surface area contributed by atoms with E-state index in [0.717, 1.165) is 22.7 Å². The van der Waals surface area contributed by atoms with Gasteiger partial charge in [0.1, 0.15) is 0 Å². The van der Waals surface area contributed by atoms with Gasteiger partial charge in [-0.15, -0.1) is 11.3 Å². The first-order chi connectivity index (χ1) is 37.2. The van der Waals surface area contributed by atoms with Crippen LogP contribution in [0.4, 0.5) is 68.2 Å². The van der Waals surface area contributed by atoms with Crippen molar-refractivity contribution in [3.8, 4) is 22.3 Å². The first kappa shape index (κ1) is 42.2. The Labute approximate surface area is 441 Å². The van der Waals surface area contributed by atoms with Crippen LogP contribution in [0.25, 0.3) is 32.3 Å². The minimum atomic E-state index is -0.0750. The van der Waals surface area contributed by atoms with E-state index in [0.29, 0.717) is 0 Å². The number of nitrogens with zero attached hydrogens (tertiary/aromatic N) is 4. The lowest BCUT2D eigenvalue weighted by Crippen LogP contribution is -2.65. The molecule has 5 heterocycles. The third-order valence-electron chi connectivity index (χ3n) is 15.9. The largest absolute Gasteiger partial charge is 0.311 e. The van der Waals surface area contributed by atoms with Gasteiger partial charge in [-0.25, -0.2) is 0 Å². The fraction of sp³-hybridized carbons (Fsp3) is 0. The van der Waals surface area contributed by atoms with Crippen molar-refractivity contribution in [2.75, 3.05) is 19.6 Å². The Morgan fingerprint density at radius 2 is 0.653 bits per heavy atom. The van der Waals surface area contributed by atoms with Crippen molar-refractivity contribution in [2.45, 2.75) is 0 Å². The van der Waals surface area contributed by atoms with Gasteiger partial charge in [0.2, 0.25) is 0 Å². The van der Waals surface area contributed by atoms with Gasteiger partial charge in [-0.2, -0.15) is 0 Å². The SMILES string of the molecule is c1ccc(-c2cc3c4c(c2)N(c2ccccc2)c2cc5c(cc2B4c2ccccc2N3c2ccccc2)B2c3sc4ccccc4c3N(c3ccccc3)c3cc(-c4ccccc4)cc(c32)N5c2ccccc2)cc1. The second-order valence-corrected chi connectivity index (χ2v) is 21.1. The van der Waals surface area contributed by atoms with E-state index in [1.807, 2.05) is 11.3 Å². The summed E-state index contributed by atoms with van der Waals surface area (Å²) in [4.78, 5) is 10.2. The molecule has 4 nitrogen and oxygen atoms in total. The number of benzene rings is 11. The van der Waals surface area contributed by atoms with Gasteiger partial charge < -0.3 is 19.6 Å². The molecule has 348 valence electrons. The third kappa shape index (κ3) is 6.32.